The van der Waals surface area contributed by atoms with E-state index in [1.807, 2.05) is 4.90 Å². The Morgan fingerprint density at radius 3 is 2.44 bits per heavy atom. The van der Waals surface area contributed by atoms with Crippen LogP contribution >= 0.6 is 0 Å². The molecule has 1 heterocycles. The van der Waals surface area contributed by atoms with Crippen LogP contribution in [0.25, 0.3) is 0 Å². The summed E-state index contributed by atoms with van der Waals surface area (Å²) >= 11 is 0. The minimum atomic E-state index is -0.295. The van der Waals surface area contributed by atoms with Crippen LogP contribution in [0.3, 0.4) is 0 Å². The van der Waals surface area contributed by atoms with E-state index in [0.717, 1.165) is 25.9 Å². The summed E-state index contributed by atoms with van der Waals surface area (Å²) in [5.74, 6) is -0.319. The molecule has 96 valence electrons. The summed E-state index contributed by atoms with van der Waals surface area (Å²) in [5.41, 5.74) is 1.63. The molecule has 0 radical (unpaired) electrons. The van der Waals surface area contributed by atoms with Crippen molar-refractivity contribution in [2.75, 3.05) is 13.1 Å². The molecule has 1 amide bonds. The number of carbonyl (C=O) groups excluding carboxylic acids is 1. The summed E-state index contributed by atoms with van der Waals surface area (Å²) in [6.45, 7) is 3.37. The van der Waals surface area contributed by atoms with E-state index < -0.39 is 0 Å². The Morgan fingerprint density at radius 1 is 1.22 bits per heavy atom. The molecule has 1 saturated heterocycles. The first-order valence-electron chi connectivity index (χ1n) is 6.65. The number of benzene rings is 1. The molecule has 0 unspecified atom stereocenters. The predicted octanol–water partition coefficient (Wildman–Crippen LogP) is 3.15. The average molecular weight is 247 g/mol. The lowest BCUT2D eigenvalue weighted by molar-refractivity contribution is 0.0678. The Balaban J connectivity index is 1.72. The van der Waals surface area contributed by atoms with Gasteiger partial charge in [0.2, 0.25) is 0 Å². The molecule has 0 N–H and O–H groups in total. The lowest BCUT2D eigenvalue weighted by atomic mass is 9.93. The zero-order chi connectivity index (χ0) is 12.8. The van der Waals surface area contributed by atoms with Crippen LogP contribution in [0.2, 0.25) is 0 Å². The maximum atomic E-state index is 13.5. The van der Waals surface area contributed by atoms with E-state index in [0.29, 0.717) is 16.5 Å². The fraction of sp³-hybridized carbons (Fsp3) is 0.533. The standard InChI is InChI=1S/C15H18FNO/c1-11-2-3-12(10-13(11)16)14(18)17-8-6-15(4-5-15)7-9-17/h2-3,10H,4-9H2,1H3. The lowest BCUT2D eigenvalue weighted by Gasteiger charge is -2.32. The molecular weight excluding hydrogens is 229 g/mol. The zero-order valence-corrected chi connectivity index (χ0v) is 10.7. The molecule has 3 rings (SSSR count). The Hall–Kier alpha value is -1.38. The van der Waals surface area contributed by atoms with E-state index in [9.17, 15) is 9.18 Å². The molecule has 18 heavy (non-hydrogen) atoms. The van der Waals surface area contributed by atoms with Crippen molar-refractivity contribution in [1.82, 2.24) is 4.90 Å². The average Bonchev–Trinajstić information content (AvgIpc) is 3.12. The number of carbonyl (C=O) groups is 1. The summed E-state index contributed by atoms with van der Waals surface area (Å²) in [5, 5.41) is 0. The van der Waals surface area contributed by atoms with Gasteiger partial charge in [-0.05, 0) is 55.7 Å². The molecule has 0 bridgehead atoms. The van der Waals surface area contributed by atoms with E-state index in [-0.39, 0.29) is 11.7 Å². The largest absolute Gasteiger partial charge is 0.339 e. The Bertz CT molecular complexity index is 483. The molecule has 1 aliphatic heterocycles. The minimum absolute atomic E-state index is 0.0237. The van der Waals surface area contributed by atoms with Crippen molar-refractivity contribution in [1.29, 1.82) is 0 Å². The summed E-state index contributed by atoms with van der Waals surface area (Å²) in [7, 11) is 0. The maximum Gasteiger partial charge on any atom is 0.253 e. The van der Waals surface area contributed by atoms with Crippen molar-refractivity contribution >= 4 is 5.91 Å². The quantitative estimate of drug-likeness (QED) is 0.746. The first kappa shape index (κ1) is 11.7. The van der Waals surface area contributed by atoms with Crippen LogP contribution < -0.4 is 0 Å². The van der Waals surface area contributed by atoms with E-state index >= 15 is 0 Å². The number of aryl methyl sites for hydroxylation is 1. The summed E-state index contributed by atoms with van der Waals surface area (Å²) < 4.78 is 13.5. The third-order valence-electron chi connectivity index (χ3n) is 4.49. The molecule has 2 aliphatic rings. The number of rotatable bonds is 1. The molecule has 1 saturated carbocycles. The molecule has 1 aliphatic carbocycles. The molecule has 0 atom stereocenters. The van der Waals surface area contributed by atoms with Gasteiger partial charge in [-0.3, -0.25) is 4.79 Å². The Labute approximate surface area is 107 Å². The Kier molecular flexibility index (Phi) is 2.65. The van der Waals surface area contributed by atoms with E-state index in [1.54, 1.807) is 19.1 Å². The van der Waals surface area contributed by atoms with Gasteiger partial charge < -0.3 is 4.90 Å². The van der Waals surface area contributed by atoms with Crippen molar-refractivity contribution in [3.05, 3.63) is 35.1 Å². The van der Waals surface area contributed by atoms with Crippen LogP contribution in [0.1, 0.15) is 41.6 Å². The lowest BCUT2D eigenvalue weighted by Crippen LogP contribution is -2.39. The number of halogens is 1. The topological polar surface area (TPSA) is 20.3 Å². The second-order valence-electron chi connectivity index (χ2n) is 5.76. The van der Waals surface area contributed by atoms with Gasteiger partial charge in [0.15, 0.2) is 0 Å². The van der Waals surface area contributed by atoms with Gasteiger partial charge in [-0.1, -0.05) is 6.07 Å². The summed E-state index contributed by atoms with van der Waals surface area (Å²) in [6.07, 6.45) is 4.89. The molecule has 1 spiro atoms. The smallest absolute Gasteiger partial charge is 0.253 e. The molecule has 2 nitrogen and oxygen atoms in total. The molecule has 3 heteroatoms. The first-order chi connectivity index (χ1) is 8.60. The fourth-order valence-electron chi connectivity index (χ4n) is 2.77. The van der Waals surface area contributed by atoms with Gasteiger partial charge in [-0.2, -0.15) is 0 Å². The fourth-order valence-corrected chi connectivity index (χ4v) is 2.77. The van der Waals surface area contributed by atoms with Crippen LogP contribution in [0.5, 0.6) is 0 Å². The predicted molar refractivity (Wildman–Crippen MR) is 67.9 cm³/mol. The van der Waals surface area contributed by atoms with Crippen molar-refractivity contribution < 1.29 is 9.18 Å². The molecule has 0 aromatic heterocycles. The van der Waals surface area contributed by atoms with Crippen LogP contribution in [-0.2, 0) is 0 Å². The third kappa shape index (κ3) is 2.02. The van der Waals surface area contributed by atoms with Gasteiger partial charge in [0, 0.05) is 18.7 Å². The second-order valence-corrected chi connectivity index (χ2v) is 5.76. The number of piperidine rings is 1. The number of nitrogens with zero attached hydrogens (tertiary/aromatic N) is 1. The van der Waals surface area contributed by atoms with Gasteiger partial charge >= 0.3 is 0 Å². The highest BCUT2D eigenvalue weighted by molar-refractivity contribution is 5.94. The summed E-state index contributed by atoms with van der Waals surface area (Å²) in [4.78, 5) is 14.1. The van der Waals surface area contributed by atoms with E-state index in [1.165, 1.54) is 18.9 Å². The number of hydrogen-bond acceptors (Lipinski definition) is 1. The number of amides is 1. The van der Waals surface area contributed by atoms with E-state index in [2.05, 4.69) is 0 Å². The van der Waals surface area contributed by atoms with Gasteiger partial charge in [0.1, 0.15) is 5.82 Å². The first-order valence-corrected chi connectivity index (χ1v) is 6.65. The molecule has 1 aromatic carbocycles. The normalized spacial score (nSPS) is 21.1. The Morgan fingerprint density at radius 2 is 1.89 bits per heavy atom. The highest BCUT2D eigenvalue weighted by Crippen LogP contribution is 2.53. The van der Waals surface area contributed by atoms with Crippen molar-refractivity contribution in [3.8, 4) is 0 Å². The van der Waals surface area contributed by atoms with Crippen molar-refractivity contribution in [3.63, 3.8) is 0 Å². The molecule has 2 fully saturated rings. The highest BCUT2D eigenvalue weighted by Gasteiger charge is 2.45. The SMILES string of the molecule is Cc1ccc(C(=O)N2CCC3(CC2)CC3)cc1F. The minimum Gasteiger partial charge on any atom is -0.339 e. The van der Waals surface area contributed by atoms with Crippen LogP contribution in [0.4, 0.5) is 4.39 Å². The maximum absolute atomic E-state index is 13.5. The number of likely N-dealkylation sites (tertiary alicyclic amines) is 1. The van der Waals surface area contributed by atoms with Crippen LogP contribution in [-0.4, -0.2) is 23.9 Å². The zero-order valence-electron chi connectivity index (χ0n) is 10.7. The van der Waals surface area contributed by atoms with Gasteiger partial charge in [0.25, 0.3) is 5.91 Å². The van der Waals surface area contributed by atoms with Gasteiger partial charge in [-0.15, -0.1) is 0 Å². The third-order valence-corrected chi connectivity index (χ3v) is 4.49. The molecule has 1 aromatic rings. The monoisotopic (exact) mass is 247 g/mol. The van der Waals surface area contributed by atoms with Crippen LogP contribution in [0, 0.1) is 18.2 Å². The van der Waals surface area contributed by atoms with Gasteiger partial charge in [-0.25, -0.2) is 4.39 Å². The van der Waals surface area contributed by atoms with E-state index in [4.69, 9.17) is 0 Å². The highest BCUT2D eigenvalue weighted by atomic mass is 19.1. The number of hydrogen-bond donors (Lipinski definition) is 0. The molecular formula is C15H18FNO. The van der Waals surface area contributed by atoms with Crippen LogP contribution in [0.15, 0.2) is 18.2 Å². The summed E-state index contributed by atoms with van der Waals surface area (Å²) in [6, 6.07) is 4.76. The van der Waals surface area contributed by atoms with Gasteiger partial charge in [0.05, 0.1) is 0 Å². The van der Waals surface area contributed by atoms with Crippen molar-refractivity contribution in [2.45, 2.75) is 32.6 Å². The van der Waals surface area contributed by atoms with Crippen molar-refractivity contribution in [2.24, 2.45) is 5.41 Å². The second kappa shape index (κ2) is 4.08.